The summed E-state index contributed by atoms with van der Waals surface area (Å²) >= 11 is 0. The fourth-order valence-corrected chi connectivity index (χ4v) is 3.99. The average molecular weight is 353 g/mol. The van der Waals surface area contributed by atoms with E-state index in [1.165, 1.54) is 0 Å². The zero-order chi connectivity index (χ0) is 18.3. The first-order chi connectivity index (χ1) is 12.5. The highest BCUT2D eigenvalue weighted by molar-refractivity contribution is 5.77. The highest BCUT2D eigenvalue weighted by Gasteiger charge is 2.26. The van der Waals surface area contributed by atoms with Gasteiger partial charge in [-0.15, -0.1) is 0 Å². The highest BCUT2D eigenvalue weighted by Crippen LogP contribution is 2.37. The number of carboxylic acids is 1. The number of anilines is 1. The van der Waals surface area contributed by atoms with Crippen molar-refractivity contribution in [2.75, 3.05) is 5.73 Å². The average Bonchev–Trinajstić information content (AvgIpc) is 3.21. The lowest BCUT2D eigenvalue weighted by Gasteiger charge is -2.27. The van der Waals surface area contributed by atoms with Gasteiger partial charge in [0.25, 0.3) is 0 Å². The fraction of sp³-hybridized carbons (Fsp3) is 0.421. The van der Waals surface area contributed by atoms with E-state index in [1.807, 2.05) is 42.3 Å². The quantitative estimate of drug-likeness (QED) is 0.751. The number of carboxylic acid groups (broad SMARTS) is 1. The molecule has 0 aromatic carbocycles. The molecule has 1 fully saturated rings. The van der Waals surface area contributed by atoms with E-state index in [2.05, 4.69) is 5.10 Å². The molecule has 7 heteroatoms. The van der Waals surface area contributed by atoms with Gasteiger partial charge in [0.05, 0.1) is 6.20 Å². The molecule has 0 unspecified atom stereocenters. The van der Waals surface area contributed by atoms with Crippen LogP contribution in [0.2, 0.25) is 0 Å². The Bertz CT molecular complexity index is 950. The van der Waals surface area contributed by atoms with Gasteiger partial charge in [0, 0.05) is 54.7 Å². The Morgan fingerprint density at radius 2 is 2.12 bits per heavy atom. The highest BCUT2D eigenvalue weighted by atomic mass is 16.4. The zero-order valence-corrected chi connectivity index (χ0v) is 14.8. The number of fused-ring (bicyclic) bond motifs is 1. The Morgan fingerprint density at radius 3 is 2.77 bits per heavy atom. The van der Waals surface area contributed by atoms with Crippen molar-refractivity contribution in [2.24, 2.45) is 13.0 Å². The molecular weight excluding hydrogens is 330 g/mol. The summed E-state index contributed by atoms with van der Waals surface area (Å²) in [6.45, 7) is 0. The van der Waals surface area contributed by atoms with E-state index in [0.29, 0.717) is 11.7 Å². The van der Waals surface area contributed by atoms with Crippen LogP contribution in [0.25, 0.3) is 16.8 Å². The molecule has 0 spiro atoms. The van der Waals surface area contributed by atoms with E-state index in [-0.39, 0.29) is 12.3 Å². The van der Waals surface area contributed by atoms with E-state index in [1.54, 1.807) is 4.52 Å². The Kier molecular flexibility index (Phi) is 4.14. The molecular formula is C19H23N5O2. The summed E-state index contributed by atoms with van der Waals surface area (Å²) in [4.78, 5) is 15.8. The molecule has 0 atom stereocenters. The summed E-state index contributed by atoms with van der Waals surface area (Å²) in [5.41, 5.74) is 10.0. The molecule has 4 rings (SSSR count). The molecule has 1 saturated carbocycles. The Hall–Kier alpha value is -2.83. The number of nitrogens with zero attached hydrogens (tertiary/aromatic N) is 4. The Labute approximate surface area is 151 Å². The molecule has 3 N–H and O–H groups in total. The van der Waals surface area contributed by atoms with Gasteiger partial charge in [-0.05, 0) is 37.7 Å². The number of hydrogen-bond donors (Lipinski definition) is 2. The van der Waals surface area contributed by atoms with Crippen LogP contribution in [0.4, 0.5) is 5.82 Å². The normalized spacial score (nSPS) is 20.5. The van der Waals surface area contributed by atoms with Gasteiger partial charge in [0.1, 0.15) is 5.82 Å². The minimum absolute atomic E-state index is 0.266. The van der Waals surface area contributed by atoms with Crippen molar-refractivity contribution in [3.8, 4) is 11.1 Å². The Morgan fingerprint density at radius 1 is 1.35 bits per heavy atom. The molecule has 1 aliphatic carbocycles. The van der Waals surface area contributed by atoms with Crippen molar-refractivity contribution < 1.29 is 9.90 Å². The van der Waals surface area contributed by atoms with Crippen molar-refractivity contribution in [2.45, 2.75) is 38.0 Å². The summed E-state index contributed by atoms with van der Waals surface area (Å²) in [5, 5.41) is 13.4. The molecule has 0 bridgehead atoms. The maximum atomic E-state index is 10.9. The second-order valence-electron chi connectivity index (χ2n) is 7.28. The van der Waals surface area contributed by atoms with Gasteiger partial charge in [0.15, 0.2) is 5.65 Å². The van der Waals surface area contributed by atoms with Gasteiger partial charge in [-0.25, -0.2) is 4.98 Å². The minimum atomic E-state index is -0.705. The first kappa shape index (κ1) is 16.6. The number of hydrogen-bond acceptors (Lipinski definition) is 4. The van der Waals surface area contributed by atoms with E-state index in [0.717, 1.165) is 48.2 Å². The Balaban J connectivity index is 1.64. The summed E-state index contributed by atoms with van der Waals surface area (Å²) in [5.74, 6) is 0.481. The number of aromatic nitrogens is 4. The number of rotatable bonds is 4. The van der Waals surface area contributed by atoms with Crippen molar-refractivity contribution in [1.82, 2.24) is 19.2 Å². The van der Waals surface area contributed by atoms with Gasteiger partial charge in [0.2, 0.25) is 0 Å². The SMILES string of the molecule is Cn1ccc(-c2cnn3c(N)cc([C@H]4CC[C@H](CC(=O)O)CC4)nc23)c1. The summed E-state index contributed by atoms with van der Waals surface area (Å²) < 4.78 is 3.68. The van der Waals surface area contributed by atoms with E-state index >= 15 is 0 Å². The van der Waals surface area contributed by atoms with Crippen LogP contribution in [0.5, 0.6) is 0 Å². The molecule has 0 saturated heterocycles. The third kappa shape index (κ3) is 3.05. The maximum absolute atomic E-state index is 10.9. The van der Waals surface area contributed by atoms with Crippen LogP contribution in [0.15, 0.2) is 30.7 Å². The molecule has 0 aliphatic heterocycles. The molecule has 7 nitrogen and oxygen atoms in total. The number of nitrogens with two attached hydrogens (primary N) is 1. The second kappa shape index (κ2) is 6.48. The minimum Gasteiger partial charge on any atom is -0.481 e. The molecule has 26 heavy (non-hydrogen) atoms. The second-order valence-corrected chi connectivity index (χ2v) is 7.28. The van der Waals surface area contributed by atoms with Crippen molar-refractivity contribution in [1.29, 1.82) is 0 Å². The van der Waals surface area contributed by atoms with Gasteiger partial charge >= 0.3 is 5.97 Å². The van der Waals surface area contributed by atoms with Crippen LogP contribution in [0.3, 0.4) is 0 Å². The fourth-order valence-electron chi connectivity index (χ4n) is 3.99. The first-order valence-electron chi connectivity index (χ1n) is 8.99. The third-order valence-corrected chi connectivity index (χ3v) is 5.39. The number of nitrogen functional groups attached to an aromatic ring is 1. The number of aliphatic carboxylic acids is 1. The molecule has 136 valence electrons. The molecule has 0 radical (unpaired) electrons. The molecule has 3 aromatic heterocycles. The smallest absolute Gasteiger partial charge is 0.303 e. The topological polar surface area (TPSA) is 98.4 Å². The van der Waals surface area contributed by atoms with Gasteiger partial charge in [-0.3, -0.25) is 4.79 Å². The molecule has 0 amide bonds. The van der Waals surface area contributed by atoms with Gasteiger partial charge in [-0.2, -0.15) is 9.61 Å². The number of carbonyl (C=O) groups is 1. The van der Waals surface area contributed by atoms with Gasteiger partial charge in [-0.1, -0.05) is 0 Å². The van der Waals surface area contributed by atoms with Crippen molar-refractivity contribution in [3.05, 3.63) is 36.4 Å². The van der Waals surface area contributed by atoms with Crippen molar-refractivity contribution >= 4 is 17.4 Å². The monoisotopic (exact) mass is 353 g/mol. The van der Waals surface area contributed by atoms with Crippen LogP contribution >= 0.6 is 0 Å². The number of aryl methyl sites for hydroxylation is 1. The largest absolute Gasteiger partial charge is 0.481 e. The predicted octanol–water partition coefficient (Wildman–Crippen LogP) is 3.07. The predicted molar refractivity (Wildman–Crippen MR) is 98.8 cm³/mol. The van der Waals surface area contributed by atoms with Crippen LogP contribution in [0, 0.1) is 5.92 Å². The maximum Gasteiger partial charge on any atom is 0.303 e. The van der Waals surface area contributed by atoms with E-state index in [9.17, 15) is 4.79 Å². The van der Waals surface area contributed by atoms with Crippen LogP contribution < -0.4 is 5.73 Å². The lowest BCUT2D eigenvalue weighted by Crippen LogP contribution is -2.17. The standard InChI is InChI=1S/C19H23N5O2/c1-23-7-6-14(11-23)15-10-21-24-17(20)9-16(22-19(15)24)13-4-2-12(3-5-13)8-18(25)26/h6-7,9-13H,2-5,8,20H2,1H3,(H,25,26)/t12-,13-. The summed E-state index contributed by atoms with van der Waals surface area (Å²) in [6.07, 6.45) is 9.87. The van der Waals surface area contributed by atoms with E-state index < -0.39 is 5.97 Å². The van der Waals surface area contributed by atoms with Crippen LogP contribution in [-0.2, 0) is 11.8 Å². The van der Waals surface area contributed by atoms with Crippen molar-refractivity contribution in [3.63, 3.8) is 0 Å². The zero-order valence-electron chi connectivity index (χ0n) is 14.8. The van der Waals surface area contributed by atoms with Gasteiger partial charge < -0.3 is 15.4 Å². The molecule has 3 aromatic rings. The summed E-state index contributed by atoms with van der Waals surface area (Å²) in [7, 11) is 1.98. The summed E-state index contributed by atoms with van der Waals surface area (Å²) in [6, 6.07) is 3.95. The molecule has 1 aliphatic rings. The third-order valence-electron chi connectivity index (χ3n) is 5.39. The molecule has 3 heterocycles. The van der Waals surface area contributed by atoms with Crippen LogP contribution in [-0.4, -0.2) is 30.2 Å². The first-order valence-corrected chi connectivity index (χ1v) is 8.99. The van der Waals surface area contributed by atoms with E-state index in [4.69, 9.17) is 15.8 Å². The lowest BCUT2D eigenvalue weighted by atomic mass is 9.79. The van der Waals surface area contributed by atoms with Crippen LogP contribution in [0.1, 0.15) is 43.7 Å². The lowest BCUT2D eigenvalue weighted by molar-refractivity contribution is -0.138.